The van der Waals surface area contributed by atoms with Gasteiger partial charge in [-0.25, -0.2) is 4.79 Å². The largest absolute Gasteiger partial charge is 0.465 e. The van der Waals surface area contributed by atoms with Crippen LogP contribution in [0.1, 0.15) is 6.92 Å². The van der Waals surface area contributed by atoms with Crippen LogP contribution in [0.3, 0.4) is 0 Å². The molecule has 1 heterocycles. The molecule has 19 heavy (non-hydrogen) atoms. The van der Waals surface area contributed by atoms with Gasteiger partial charge in [-0.1, -0.05) is 18.2 Å². The summed E-state index contributed by atoms with van der Waals surface area (Å²) in [5.74, 6) is 0. The topological polar surface area (TPSA) is 100 Å². The standard InChI is InChI=1S/C13H16N4O2/c1-8(6-16-13(18)19)17-12-9-4-2-3-5-11(9)15-7-10(12)14/h2-5,7-8,16H,6,14H2,1H3,(H,15,17)(H,18,19)/t8-/m0/s1. The summed E-state index contributed by atoms with van der Waals surface area (Å²) < 4.78 is 0. The molecule has 5 N–H and O–H groups in total. The Labute approximate surface area is 110 Å². The first-order valence-corrected chi connectivity index (χ1v) is 5.94. The molecule has 0 saturated heterocycles. The van der Waals surface area contributed by atoms with Crippen LogP contribution < -0.4 is 16.4 Å². The first-order valence-electron chi connectivity index (χ1n) is 5.94. The number of benzene rings is 1. The van der Waals surface area contributed by atoms with E-state index in [1.807, 2.05) is 31.2 Å². The Morgan fingerprint density at radius 2 is 2.21 bits per heavy atom. The number of aromatic nitrogens is 1. The van der Waals surface area contributed by atoms with Crippen LogP contribution in [0.4, 0.5) is 16.2 Å². The number of fused-ring (bicyclic) bond motifs is 1. The number of hydrogen-bond acceptors (Lipinski definition) is 4. The van der Waals surface area contributed by atoms with E-state index in [1.165, 1.54) is 0 Å². The third kappa shape index (κ3) is 3.04. The van der Waals surface area contributed by atoms with Gasteiger partial charge in [0.1, 0.15) is 0 Å². The van der Waals surface area contributed by atoms with E-state index in [2.05, 4.69) is 15.6 Å². The van der Waals surface area contributed by atoms with Gasteiger partial charge in [0.15, 0.2) is 0 Å². The summed E-state index contributed by atoms with van der Waals surface area (Å²) in [6.07, 6.45) is 0.559. The number of nitrogens with two attached hydrogens (primary N) is 1. The molecule has 1 aromatic heterocycles. The molecule has 2 aromatic rings. The lowest BCUT2D eigenvalue weighted by atomic mass is 10.1. The van der Waals surface area contributed by atoms with Crippen molar-refractivity contribution in [3.05, 3.63) is 30.5 Å². The zero-order chi connectivity index (χ0) is 13.8. The van der Waals surface area contributed by atoms with Gasteiger partial charge in [-0.05, 0) is 13.0 Å². The van der Waals surface area contributed by atoms with Gasteiger partial charge in [0, 0.05) is 18.0 Å². The van der Waals surface area contributed by atoms with Gasteiger partial charge < -0.3 is 21.5 Å². The minimum Gasteiger partial charge on any atom is -0.465 e. The maximum atomic E-state index is 10.5. The van der Waals surface area contributed by atoms with E-state index in [4.69, 9.17) is 10.8 Å². The monoisotopic (exact) mass is 260 g/mol. The number of carbonyl (C=O) groups is 1. The number of rotatable bonds is 4. The number of para-hydroxylation sites is 1. The number of pyridine rings is 1. The van der Waals surface area contributed by atoms with Crippen molar-refractivity contribution >= 4 is 28.4 Å². The minimum atomic E-state index is -1.04. The summed E-state index contributed by atoms with van der Waals surface area (Å²) in [7, 11) is 0. The molecular weight excluding hydrogens is 244 g/mol. The SMILES string of the molecule is C[C@@H](CNC(=O)O)Nc1c(N)cnc2ccccc12. The molecule has 0 bridgehead atoms. The zero-order valence-corrected chi connectivity index (χ0v) is 10.6. The molecule has 1 atom stereocenters. The molecule has 100 valence electrons. The first kappa shape index (κ1) is 12.9. The third-order valence-corrected chi connectivity index (χ3v) is 2.75. The lowest BCUT2D eigenvalue weighted by molar-refractivity contribution is 0.194. The molecule has 2 rings (SSSR count). The van der Waals surface area contributed by atoms with Crippen molar-refractivity contribution in [2.24, 2.45) is 0 Å². The van der Waals surface area contributed by atoms with Gasteiger partial charge >= 0.3 is 6.09 Å². The van der Waals surface area contributed by atoms with Gasteiger partial charge in [-0.3, -0.25) is 4.98 Å². The summed E-state index contributed by atoms with van der Waals surface area (Å²) in [6.45, 7) is 2.18. The summed E-state index contributed by atoms with van der Waals surface area (Å²) in [6, 6.07) is 7.57. The first-order chi connectivity index (χ1) is 9.08. The fraction of sp³-hybridized carbons (Fsp3) is 0.231. The van der Waals surface area contributed by atoms with Crippen LogP contribution in [-0.4, -0.2) is 28.8 Å². The van der Waals surface area contributed by atoms with E-state index < -0.39 is 6.09 Å². The van der Waals surface area contributed by atoms with E-state index in [0.29, 0.717) is 12.2 Å². The van der Waals surface area contributed by atoms with Gasteiger partial charge in [-0.2, -0.15) is 0 Å². The van der Waals surface area contributed by atoms with Crippen LogP contribution >= 0.6 is 0 Å². The highest BCUT2D eigenvalue weighted by Gasteiger charge is 2.10. The average molecular weight is 260 g/mol. The second-order valence-corrected chi connectivity index (χ2v) is 4.34. The lowest BCUT2D eigenvalue weighted by Crippen LogP contribution is -2.33. The Bertz CT molecular complexity index is 600. The van der Waals surface area contributed by atoms with E-state index in [1.54, 1.807) is 6.20 Å². The third-order valence-electron chi connectivity index (χ3n) is 2.75. The van der Waals surface area contributed by atoms with E-state index in [-0.39, 0.29) is 6.04 Å². The Kier molecular flexibility index (Phi) is 3.70. The maximum absolute atomic E-state index is 10.5. The zero-order valence-electron chi connectivity index (χ0n) is 10.6. The highest BCUT2D eigenvalue weighted by molar-refractivity contribution is 5.96. The Morgan fingerprint density at radius 3 is 2.95 bits per heavy atom. The van der Waals surface area contributed by atoms with Gasteiger partial charge in [0.05, 0.1) is 23.1 Å². The van der Waals surface area contributed by atoms with Crippen molar-refractivity contribution in [3.63, 3.8) is 0 Å². The average Bonchev–Trinajstić information content (AvgIpc) is 2.40. The quantitative estimate of drug-likeness (QED) is 0.672. The Hall–Kier alpha value is -2.50. The molecule has 0 radical (unpaired) electrons. The smallest absolute Gasteiger partial charge is 0.404 e. The Morgan fingerprint density at radius 1 is 1.47 bits per heavy atom. The maximum Gasteiger partial charge on any atom is 0.404 e. The van der Waals surface area contributed by atoms with Crippen LogP contribution in [0.15, 0.2) is 30.5 Å². The summed E-state index contributed by atoms with van der Waals surface area (Å²) in [5, 5.41) is 15.1. The van der Waals surface area contributed by atoms with Crippen LogP contribution in [0.25, 0.3) is 10.9 Å². The predicted octanol–water partition coefficient (Wildman–Crippen LogP) is 1.88. The predicted molar refractivity (Wildman–Crippen MR) is 75.3 cm³/mol. The van der Waals surface area contributed by atoms with Crippen LogP contribution in [0.5, 0.6) is 0 Å². The number of amides is 1. The minimum absolute atomic E-state index is 0.0794. The van der Waals surface area contributed by atoms with Crippen LogP contribution in [0.2, 0.25) is 0 Å². The molecule has 1 aromatic carbocycles. The molecule has 0 spiro atoms. The van der Waals surface area contributed by atoms with Crippen molar-refractivity contribution in [1.82, 2.24) is 10.3 Å². The van der Waals surface area contributed by atoms with E-state index >= 15 is 0 Å². The molecule has 6 nitrogen and oxygen atoms in total. The van der Waals surface area contributed by atoms with Crippen LogP contribution in [0, 0.1) is 0 Å². The molecule has 0 aliphatic heterocycles. The number of carboxylic acid groups (broad SMARTS) is 1. The second-order valence-electron chi connectivity index (χ2n) is 4.34. The van der Waals surface area contributed by atoms with Crippen molar-refractivity contribution in [2.45, 2.75) is 13.0 Å². The molecule has 0 unspecified atom stereocenters. The fourth-order valence-electron chi connectivity index (χ4n) is 1.86. The van der Waals surface area contributed by atoms with E-state index in [0.717, 1.165) is 16.6 Å². The summed E-state index contributed by atoms with van der Waals surface area (Å²) in [4.78, 5) is 14.7. The summed E-state index contributed by atoms with van der Waals surface area (Å²) >= 11 is 0. The van der Waals surface area contributed by atoms with Gasteiger partial charge in [-0.15, -0.1) is 0 Å². The number of hydrogen-bond donors (Lipinski definition) is 4. The van der Waals surface area contributed by atoms with Crippen molar-refractivity contribution in [2.75, 3.05) is 17.6 Å². The van der Waals surface area contributed by atoms with E-state index in [9.17, 15) is 4.79 Å². The summed E-state index contributed by atoms with van der Waals surface area (Å²) in [5.41, 5.74) is 8.10. The normalized spacial score (nSPS) is 12.1. The highest BCUT2D eigenvalue weighted by atomic mass is 16.4. The second kappa shape index (κ2) is 5.43. The van der Waals surface area contributed by atoms with Gasteiger partial charge in [0.25, 0.3) is 0 Å². The molecule has 0 aliphatic rings. The highest BCUT2D eigenvalue weighted by Crippen LogP contribution is 2.27. The molecular formula is C13H16N4O2. The number of nitrogens with one attached hydrogen (secondary N) is 2. The van der Waals surface area contributed by atoms with Crippen molar-refractivity contribution < 1.29 is 9.90 Å². The van der Waals surface area contributed by atoms with Crippen LogP contribution in [-0.2, 0) is 0 Å². The molecule has 0 fully saturated rings. The molecule has 1 amide bonds. The molecule has 6 heteroatoms. The number of nitrogens with zero attached hydrogens (tertiary/aromatic N) is 1. The molecule has 0 saturated carbocycles. The lowest BCUT2D eigenvalue weighted by Gasteiger charge is -2.18. The van der Waals surface area contributed by atoms with Crippen molar-refractivity contribution in [1.29, 1.82) is 0 Å². The number of anilines is 2. The number of nitrogen functional groups attached to an aromatic ring is 1. The Balaban J connectivity index is 2.24. The fourth-order valence-corrected chi connectivity index (χ4v) is 1.86. The van der Waals surface area contributed by atoms with Crippen molar-refractivity contribution in [3.8, 4) is 0 Å². The van der Waals surface area contributed by atoms with Gasteiger partial charge in [0.2, 0.25) is 0 Å². The molecule has 0 aliphatic carbocycles.